The zero-order valence-electron chi connectivity index (χ0n) is 16.2. The summed E-state index contributed by atoms with van der Waals surface area (Å²) in [4.78, 5) is 4.26. The number of halogens is 1. The number of benzene rings is 2. The summed E-state index contributed by atoms with van der Waals surface area (Å²) < 4.78 is 15.8. The van der Waals surface area contributed by atoms with Crippen molar-refractivity contribution in [3.05, 3.63) is 53.6 Å². The lowest BCUT2D eigenvalue weighted by molar-refractivity contribution is 0.354. The Bertz CT molecular complexity index is 738. The van der Waals surface area contributed by atoms with Crippen LogP contribution >= 0.6 is 24.0 Å². The zero-order chi connectivity index (χ0) is 18.8. The van der Waals surface area contributed by atoms with Gasteiger partial charge in [-0.3, -0.25) is 4.99 Å². The first-order chi connectivity index (χ1) is 12.7. The van der Waals surface area contributed by atoms with Crippen LogP contribution in [0.1, 0.15) is 11.1 Å². The molecule has 2 aromatic carbocycles. The van der Waals surface area contributed by atoms with Gasteiger partial charge in [0.05, 0.1) is 21.3 Å². The van der Waals surface area contributed by atoms with E-state index in [2.05, 4.69) is 15.6 Å². The Hall–Kier alpha value is -2.16. The molecule has 7 heteroatoms. The highest BCUT2D eigenvalue weighted by Gasteiger charge is 2.05. The quantitative estimate of drug-likeness (QED) is 0.342. The summed E-state index contributed by atoms with van der Waals surface area (Å²) in [5.41, 5.74) is 2.30. The van der Waals surface area contributed by atoms with Gasteiger partial charge in [0, 0.05) is 20.1 Å². The zero-order valence-corrected chi connectivity index (χ0v) is 18.6. The Labute approximate surface area is 178 Å². The topological polar surface area (TPSA) is 64.1 Å². The van der Waals surface area contributed by atoms with Gasteiger partial charge in [0.25, 0.3) is 0 Å². The summed E-state index contributed by atoms with van der Waals surface area (Å²) in [5.74, 6) is 3.08. The smallest absolute Gasteiger partial charge is 0.191 e. The minimum absolute atomic E-state index is 0. The van der Waals surface area contributed by atoms with Gasteiger partial charge in [-0.05, 0) is 41.8 Å². The van der Waals surface area contributed by atoms with Gasteiger partial charge in [-0.15, -0.1) is 24.0 Å². The molecule has 0 aliphatic rings. The van der Waals surface area contributed by atoms with Crippen LogP contribution < -0.4 is 24.8 Å². The van der Waals surface area contributed by atoms with Crippen LogP contribution in [0.4, 0.5) is 0 Å². The molecule has 0 unspecified atom stereocenters. The number of hydrogen-bond acceptors (Lipinski definition) is 4. The highest BCUT2D eigenvalue weighted by Crippen LogP contribution is 2.27. The average molecular weight is 485 g/mol. The number of rotatable bonds is 8. The molecule has 0 aliphatic heterocycles. The largest absolute Gasteiger partial charge is 0.497 e. The fourth-order valence-electron chi connectivity index (χ4n) is 2.55. The minimum atomic E-state index is 0. The van der Waals surface area contributed by atoms with Gasteiger partial charge in [0.2, 0.25) is 0 Å². The van der Waals surface area contributed by atoms with Crippen molar-refractivity contribution in [1.29, 1.82) is 0 Å². The lowest BCUT2D eigenvalue weighted by atomic mass is 10.1. The monoisotopic (exact) mass is 485 g/mol. The molecule has 6 nitrogen and oxygen atoms in total. The molecular formula is C20H28IN3O3. The van der Waals surface area contributed by atoms with Crippen molar-refractivity contribution in [3.63, 3.8) is 0 Å². The Morgan fingerprint density at radius 3 is 2.33 bits per heavy atom. The number of aliphatic imine (C=N–C) groups is 1. The first kappa shape index (κ1) is 22.9. The first-order valence-electron chi connectivity index (χ1n) is 8.48. The van der Waals surface area contributed by atoms with E-state index in [1.807, 2.05) is 42.5 Å². The highest BCUT2D eigenvalue weighted by molar-refractivity contribution is 14.0. The first-order valence-corrected chi connectivity index (χ1v) is 8.48. The average Bonchev–Trinajstić information content (AvgIpc) is 2.70. The molecule has 2 aromatic rings. The third-order valence-corrected chi connectivity index (χ3v) is 3.97. The maximum Gasteiger partial charge on any atom is 0.191 e. The fraction of sp³-hybridized carbons (Fsp3) is 0.350. The van der Waals surface area contributed by atoms with Crippen molar-refractivity contribution in [2.45, 2.75) is 13.0 Å². The minimum Gasteiger partial charge on any atom is -0.497 e. The maximum absolute atomic E-state index is 5.34. The van der Waals surface area contributed by atoms with Gasteiger partial charge in [0.15, 0.2) is 17.5 Å². The Balaban J connectivity index is 0.00000364. The van der Waals surface area contributed by atoms with E-state index in [1.54, 1.807) is 28.4 Å². The van der Waals surface area contributed by atoms with Crippen LogP contribution in [0.15, 0.2) is 47.5 Å². The fourth-order valence-corrected chi connectivity index (χ4v) is 2.55. The van der Waals surface area contributed by atoms with Crippen molar-refractivity contribution in [2.24, 2.45) is 4.99 Å². The molecule has 0 saturated carbocycles. The molecule has 2 rings (SSSR count). The maximum atomic E-state index is 5.34. The van der Waals surface area contributed by atoms with Gasteiger partial charge < -0.3 is 24.8 Å². The number of hydrogen-bond donors (Lipinski definition) is 2. The van der Waals surface area contributed by atoms with E-state index in [-0.39, 0.29) is 24.0 Å². The standard InChI is InChI=1S/C20H27N3O3.HI/c1-21-20(23-14-16-6-5-7-17(12-16)24-2)22-11-10-15-8-9-18(25-3)19(13-15)26-4;/h5-9,12-13H,10-11,14H2,1-4H3,(H2,21,22,23);1H. The summed E-state index contributed by atoms with van der Waals surface area (Å²) in [6, 6.07) is 13.9. The second-order valence-corrected chi connectivity index (χ2v) is 5.64. The molecule has 2 N–H and O–H groups in total. The number of nitrogens with one attached hydrogen (secondary N) is 2. The van der Waals surface area contributed by atoms with Crippen molar-refractivity contribution >= 4 is 29.9 Å². The van der Waals surface area contributed by atoms with Gasteiger partial charge in [-0.2, -0.15) is 0 Å². The predicted molar refractivity (Wildman–Crippen MR) is 120 cm³/mol. The highest BCUT2D eigenvalue weighted by atomic mass is 127. The molecule has 0 aromatic heterocycles. The van der Waals surface area contributed by atoms with E-state index in [0.717, 1.165) is 41.7 Å². The van der Waals surface area contributed by atoms with E-state index in [4.69, 9.17) is 14.2 Å². The lowest BCUT2D eigenvalue weighted by Gasteiger charge is -2.13. The van der Waals surface area contributed by atoms with Crippen LogP contribution in [0.5, 0.6) is 17.2 Å². The summed E-state index contributed by atoms with van der Waals surface area (Å²) in [7, 11) is 6.71. The van der Waals surface area contributed by atoms with E-state index >= 15 is 0 Å². The molecule has 0 bridgehead atoms. The molecule has 0 amide bonds. The number of guanidine groups is 1. The second kappa shape index (κ2) is 12.3. The van der Waals surface area contributed by atoms with Crippen LogP contribution in [-0.4, -0.2) is 40.9 Å². The normalized spacial score (nSPS) is 10.6. The van der Waals surface area contributed by atoms with Crippen molar-refractivity contribution in [1.82, 2.24) is 10.6 Å². The van der Waals surface area contributed by atoms with E-state index in [1.165, 1.54) is 5.56 Å². The Kier molecular flexibility index (Phi) is 10.4. The molecule has 148 valence electrons. The molecule has 0 radical (unpaired) electrons. The van der Waals surface area contributed by atoms with Crippen molar-refractivity contribution in [3.8, 4) is 17.2 Å². The van der Waals surface area contributed by atoms with Crippen LogP contribution in [0, 0.1) is 0 Å². The third-order valence-electron chi connectivity index (χ3n) is 3.97. The SMILES string of the molecule is CN=C(NCCc1ccc(OC)c(OC)c1)NCc1cccc(OC)c1.I. The molecule has 0 spiro atoms. The van der Waals surface area contributed by atoms with Gasteiger partial charge in [0.1, 0.15) is 5.75 Å². The summed E-state index contributed by atoms with van der Waals surface area (Å²) >= 11 is 0. The van der Waals surface area contributed by atoms with Crippen LogP contribution in [0.3, 0.4) is 0 Å². The van der Waals surface area contributed by atoms with Crippen molar-refractivity contribution in [2.75, 3.05) is 34.9 Å². The molecular weight excluding hydrogens is 457 g/mol. The molecule has 0 atom stereocenters. The van der Waals surface area contributed by atoms with E-state index in [9.17, 15) is 0 Å². The molecule has 0 fully saturated rings. The van der Waals surface area contributed by atoms with Crippen LogP contribution in [0.2, 0.25) is 0 Å². The van der Waals surface area contributed by atoms with Gasteiger partial charge in [-0.25, -0.2) is 0 Å². The summed E-state index contributed by atoms with van der Waals surface area (Å²) in [6.45, 7) is 1.43. The third kappa shape index (κ3) is 7.16. The van der Waals surface area contributed by atoms with Crippen LogP contribution in [-0.2, 0) is 13.0 Å². The number of nitrogens with zero attached hydrogens (tertiary/aromatic N) is 1. The summed E-state index contributed by atoms with van der Waals surface area (Å²) in [5, 5.41) is 6.62. The molecule has 27 heavy (non-hydrogen) atoms. The van der Waals surface area contributed by atoms with Crippen LogP contribution in [0.25, 0.3) is 0 Å². The van der Waals surface area contributed by atoms with E-state index < -0.39 is 0 Å². The molecule has 0 aliphatic carbocycles. The van der Waals surface area contributed by atoms with Crippen molar-refractivity contribution < 1.29 is 14.2 Å². The Morgan fingerprint density at radius 1 is 0.889 bits per heavy atom. The van der Waals surface area contributed by atoms with Gasteiger partial charge >= 0.3 is 0 Å². The lowest BCUT2D eigenvalue weighted by Crippen LogP contribution is -2.37. The van der Waals surface area contributed by atoms with Gasteiger partial charge in [-0.1, -0.05) is 18.2 Å². The second-order valence-electron chi connectivity index (χ2n) is 5.64. The number of ether oxygens (including phenoxy) is 3. The molecule has 0 heterocycles. The molecule has 0 saturated heterocycles. The van der Waals surface area contributed by atoms with E-state index in [0.29, 0.717) is 6.54 Å². The summed E-state index contributed by atoms with van der Waals surface area (Å²) in [6.07, 6.45) is 0.847. The predicted octanol–water partition coefficient (Wildman–Crippen LogP) is 3.24. The number of methoxy groups -OCH3 is 3. The Morgan fingerprint density at radius 2 is 1.67 bits per heavy atom.